The highest BCUT2D eigenvalue weighted by atomic mass is 16.5. The number of piperidine rings is 1. The van der Waals surface area contributed by atoms with Gasteiger partial charge in [-0.3, -0.25) is 4.90 Å². The van der Waals surface area contributed by atoms with E-state index >= 15 is 0 Å². The van der Waals surface area contributed by atoms with Gasteiger partial charge < -0.3 is 9.84 Å². The maximum absolute atomic E-state index is 9.88. The van der Waals surface area contributed by atoms with Crippen LogP contribution in [0.15, 0.2) is 18.2 Å². The van der Waals surface area contributed by atoms with E-state index in [1.54, 1.807) is 7.11 Å². The van der Waals surface area contributed by atoms with Crippen molar-refractivity contribution in [3.63, 3.8) is 0 Å². The first-order valence-corrected chi connectivity index (χ1v) is 8.39. The molecule has 1 heterocycles. The van der Waals surface area contributed by atoms with E-state index in [1.165, 1.54) is 11.1 Å². The average Bonchev–Trinajstić information content (AvgIpc) is 2.45. The molecule has 22 heavy (non-hydrogen) atoms. The van der Waals surface area contributed by atoms with E-state index in [-0.39, 0.29) is 16.9 Å². The van der Waals surface area contributed by atoms with E-state index in [9.17, 15) is 5.11 Å². The summed E-state index contributed by atoms with van der Waals surface area (Å²) in [7, 11) is 1.79. The third kappa shape index (κ3) is 2.17. The minimum atomic E-state index is 0.172. The van der Waals surface area contributed by atoms with Crippen LogP contribution in [0.3, 0.4) is 0 Å². The summed E-state index contributed by atoms with van der Waals surface area (Å²) in [5, 5.41) is 9.88. The van der Waals surface area contributed by atoms with Gasteiger partial charge in [0.25, 0.3) is 0 Å². The van der Waals surface area contributed by atoms with Crippen LogP contribution in [-0.4, -0.2) is 42.4 Å². The summed E-state index contributed by atoms with van der Waals surface area (Å²) in [6, 6.07) is 6.47. The number of hydrogen-bond donors (Lipinski definition) is 1. The van der Waals surface area contributed by atoms with Crippen molar-refractivity contribution in [1.82, 2.24) is 4.90 Å². The Morgan fingerprint density at radius 2 is 2.09 bits per heavy atom. The molecular formula is C19H29NO2. The summed E-state index contributed by atoms with van der Waals surface area (Å²) >= 11 is 0. The Balaban J connectivity index is 2.02. The molecule has 1 fully saturated rings. The number of ether oxygens (including phenoxy) is 1. The molecule has 122 valence electrons. The lowest BCUT2D eigenvalue weighted by Gasteiger charge is -2.61. The number of phenols is 1. The molecule has 1 aliphatic carbocycles. The lowest BCUT2D eigenvalue weighted by atomic mass is 9.51. The summed E-state index contributed by atoms with van der Waals surface area (Å²) in [5.74, 6) is 0.386. The van der Waals surface area contributed by atoms with E-state index in [0.717, 1.165) is 25.9 Å². The highest BCUT2D eigenvalue weighted by Crippen LogP contribution is 2.56. The number of methoxy groups -OCH3 is 1. The smallest absolute Gasteiger partial charge is 0.115 e. The predicted octanol–water partition coefficient (Wildman–Crippen LogP) is 3.34. The summed E-state index contributed by atoms with van der Waals surface area (Å²) in [4.78, 5) is 2.60. The first-order chi connectivity index (χ1) is 10.3. The molecular weight excluding hydrogens is 274 g/mol. The lowest BCUT2D eigenvalue weighted by molar-refractivity contribution is -0.0568. The molecule has 0 spiro atoms. The Hall–Kier alpha value is -1.06. The third-order valence-corrected chi connectivity index (χ3v) is 6.59. The van der Waals surface area contributed by atoms with Crippen LogP contribution < -0.4 is 0 Å². The van der Waals surface area contributed by atoms with Gasteiger partial charge in [0.05, 0.1) is 6.10 Å². The standard InChI is InChI=1S/C19H29NO2/c1-13(22-5)12-20-9-8-19(4)16-7-6-15(21)10-14(16)11-17(20)18(19,2)3/h6-7,10,13,17,21H,8-9,11-12H2,1-5H3/t13-,17?,19?/m1/s1. The summed E-state index contributed by atoms with van der Waals surface area (Å²) in [6.07, 6.45) is 2.43. The molecule has 2 bridgehead atoms. The molecule has 2 unspecified atom stereocenters. The first-order valence-electron chi connectivity index (χ1n) is 8.39. The van der Waals surface area contributed by atoms with Crippen LogP contribution in [0.4, 0.5) is 0 Å². The van der Waals surface area contributed by atoms with Crippen LogP contribution in [-0.2, 0) is 16.6 Å². The van der Waals surface area contributed by atoms with Crippen molar-refractivity contribution < 1.29 is 9.84 Å². The van der Waals surface area contributed by atoms with Crippen LogP contribution in [0.2, 0.25) is 0 Å². The number of likely N-dealkylation sites (tertiary alicyclic amines) is 1. The van der Waals surface area contributed by atoms with Gasteiger partial charge in [0, 0.05) is 25.1 Å². The number of rotatable bonds is 3. The Morgan fingerprint density at radius 3 is 2.77 bits per heavy atom. The zero-order valence-electron chi connectivity index (χ0n) is 14.5. The molecule has 1 aromatic carbocycles. The van der Waals surface area contributed by atoms with E-state index < -0.39 is 0 Å². The van der Waals surface area contributed by atoms with Gasteiger partial charge >= 0.3 is 0 Å². The second-order valence-corrected chi connectivity index (χ2v) is 7.91. The van der Waals surface area contributed by atoms with Crippen LogP contribution in [0, 0.1) is 5.41 Å². The van der Waals surface area contributed by atoms with Gasteiger partial charge in [0.1, 0.15) is 5.75 Å². The molecule has 0 saturated carbocycles. The SMILES string of the molecule is CO[C@H](C)CN1CCC2(C)c3ccc(O)cc3CC1C2(C)C. The fourth-order valence-electron chi connectivity index (χ4n) is 4.65. The number of aromatic hydroxyl groups is 1. The van der Waals surface area contributed by atoms with Crippen LogP contribution in [0.25, 0.3) is 0 Å². The summed E-state index contributed by atoms with van der Waals surface area (Å²) in [5.41, 5.74) is 3.14. The molecule has 3 nitrogen and oxygen atoms in total. The monoisotopic (exact) mass is 303 g/mol. The van der Waals surface area contributed by atoms with Gasteiger partial charge in [-0.15, -0.1) is 0 Å². The number of fused-ring (bicyclic) bond motifs is 4. The second-order valence-electron chi connectivity index (χ2n) is 7.91. The normalized spacial score (nSPS) is 31.6. The Kier molecular flexibility index (Phi) is 3.77. The minimum Gasteiger partial charge on any atom is -0.508 e. The molecule has 3 atom stereocenters. The molecule has 1 N–H and O–H groups in total. The number of phenolic OH excluding ortho intramolecular Hbond substituents is 1. The van der Waals surface area contributed by atoms with Crippen molar-refractivity contribution in [2.45, 2.75) is 58.1 Å². The second kappa shape index (κ2) is 5.24. The summed E-state index contributed by atoms with van der Waals surface area (Å²) in [6.45, 7) is 11.5. The van der Waals surface area contributed by atoms with Crippen molar-refractivity contribution in [1.29, 1.82) is 0 Å². The van der Waals surface area contributed by atoms with Gasteiger partial charge in [0.15, 0.2) is 0 Å². The average molecular weight is 303 g/mol. The quantitative estimate of drug-likeness (QED) is 0.929. The fourth-order valence-corrected chi connectivity index (χ4v) is 4.65. The zero-order chi connectivity index (χ0) is 16.1. The third-order valence-electron chi connectivity index (χ3n) is 6.59. The molecule has 1 aliphatic heterocycles. The Labute approximate surface area is 134 Å². The molecule has 3 rings (SSSR count). The lowest BCUT2D eigenvalue weighted by Crippen LogP contribution is -2.64. The van der Waals surface area contributed by atoms with Crippen molar-refractivity contribution >= 4 is 0 Å². The van der Waals surface area contributed by atoms with Crippen LogP contribution in [0.5, 0.6) is 5.75 Å². The molecule has 0 amide bonds. The van der Waals surface area contributed by atoms with Gasteiger partial charge in [-0.2, -0.15) is 0 Å². The largest absolute Gasteiger partial charge is 0.508 e. The van der Waals surface area contributed by atoms with Gasteiger partial charge in [-0.1, -0.05) is 26.8 Å². The zero-order valence-corrected chi connectivity index (χ0v) is 14.5. The molecule has 0 radical (unpaired) electrons. The van der Waals surface area contributed by atoms with Crippen molar-refractivity contribution in [3.05, 3.63) is 29.3 Å². The Morgan fingerprint density at radius 1 is 1.36 bits per heavy atom. The van der Waals surface area contributed by atoms with E-state index in [2.05, 4.69) is 38.7 Å². The highest BCUT2D eigenvalue weighted by Gasteiger charge is 2.55. The summed E-state index contributed by atoms with van der Waals surface area (Å²) < 4.78 is 5.49. The van der Waals surface area contributed by atoms with E-state index in [1.807, 2.05) is 12.1 Å². The first kappa shape index (κ1) is 15.8. The van der Waals surface area contributed by atoms with Crippen LogP contribution in [0.1, 0.15) is 45.2 Å². The molecule has 1 aromatic rings. The molecule has 0 aromatic heterocycles. The van der Waals surface area contributed by atoms with E-state index in [4.69, 9.17) is 4.74 Å². The fraction of sp³-hybridized carbons (Fsp3) is 0.684. The van der Waals surface area contributed by atoms with Crippen molar-refractivity contribution in [2.24, 2.45) is 5.41 Å². The topological polar surface area (TPSA) is 32.7 Å². The minimum absolute atomic E-state index is 0.172. The molecule has 2 aliphatic rings. The van der Waals surface area contributed by atoms with Gasteiger partial charge in [0.2, 0.25) is 0 Å². The maximum atomic E-state index is 9.88. The Bertz CT molecular complexity index is 569. The van der Waals surface area contributed by atoms with Gasteiger partial charge in [-0.05, 0) is 55.0 Å². The number of hydrogen-bond acceptors (Lipinski definition) is 3. The number of benzene rings is 1. The van der Waals surface area contributed by atoms with Crippen molar-refractivity contribution in [3.8, 4) is 5.75 Å². The maximum Gasteiger partial charge on any atom is 0.115 e. The van der Waals surface area contributed by atoms with Gasteiger partial charge in [-0.25, -0.2) is 0 Å². The van der Waals surface area contributed by atoms with E-state index in [0.29, 0.717) is 11.8 Å². The molecule has 3 heteroatoms. The predicted molar refractivity (Wildman–Crippen MR) is 89.4 cm³/mol. The highest BCUT2D eigenvalue weighted by molar-refractivity contribution is 5.45. The number of nitrogens with zero attached hydrogens (tertiary/aromatic N) is 1. The van der Waals surface area contributed by atoms with Crippen LogP contribution >= 0.6 is 0 Å². The molecule has 1 saturated heterocycles. The van der Waals surface area contributed by atoms with Crippen molar-refractivity contribution in [2.75, 3.05) is 20.2 Å².